The van der Waals surface area contributed by atoms with Crippen LogP contribution < -0.4 is 10.1 Å². The largest absolute Gasteiger partial charge is 0.481 e. The fourth-order valence-corrected chi connectivity index (χ4v) is 3.50. The lowest BCUT2D eigenvalue weighted by Crippen LogP contribution is -2.38. The Bertz CT molecular complexity index is 1120. The quantitative estimate of drug-likeness (QED) is 0.363. The Labute approximate surface area is 184 Å². The zero-order chi connectivity index (χ0) is 23.3. The Kier molecular flexibility index (Phi) is 7.15. The van der Waals surface area contributed by atoms with Gasteiger partial charge in [0, 0.05) is 24.7 Å². The summed E-state index contributed by atoms with van der Waals surface area (Å²) in [7, 11) is 0. The Morgan fingerprint density at radius 3 is 2.62 bits per heavy atom. The molecule has 12 heteroatoms. The number of ether oxygens (including phenoxy) is 1. The van der Waals surface area contributed by atoms with Gasteiger partial charge < -0.3 is 10.1 Å². The van der Waals surface area contributed by atoms with Crippen molar-refractivity contribution in [2.45, 2.75) is 0 Å². The van der Waals surface area contributed by atoms with Crippen LogP contribution in [0.4, 0.5) is 19.3 Å². The molecule has 0 spiro atoms. The summed E-state index contributed by atoms with van der Waals surface area (Å²) in [4.78, 5) is 47.1. The van der Waals surface area contributed by atoms with Gasteiger partial charge in [0.05, 0.1) is 15.9 Å². The van der Waals surface area contributed by atoms with E-state index in [1.54, 1.807) is 6.07 Å². The molecule has 1 aliphatic rings. The van der Waals surface area contributed by atoms with Crippen LogP contribution in [0, 0.1) is 21.7 Å². The molecule has 9 nitrogen and oxygen atoms in total. The molecule has 32 heavy (non-hydrogen) atoms. The Hall–Kier alpha value is -3.80. The number of imide groups is 1. The molecular formula is C20H15F2N3O6S. The lowest BCUT2D eigenvalue weighted by Gasteiger charge is -2.13. The number of thioether (sulfide) groups is 1. The molecular weight excluding hydrogens is 448 g/mol. The van der Waals surface area contributed by atoms with E-state index in [2.05, 4.69) is 5.32 Å². The molecule has 0 unspecified atom stereocenters. The highest BCUT2D eigenvalue weighted by atomic mass is 32.2. The average molecular weight is 463 g/mol. The minimum absolute atomic E-state index is 0.0587. The highest BCUT2D eigenvalue weighted by Crippen LogP contribution is 2.32. The zero-order valence-corrected chi connectivity index (χ0v) is 17.1. The molecule has 2 aromatic rings. The van der Waals surface area contributed by atoms with Gasteiger partial charge >= 0.3 is 0 Å². The third-order valence-electron chi connectivity index (χ3n) is 4.21. The van der Waals surface area contributed by atoms with E-state index in [1.165, 1.54) is 24.3 Å². The highest BCUT2D eigenvalue weighted by Gasteiger charge is 2.34. The van der Waals surface area contributed by atoms with Crippen LogP contribution in [0.5, 0.6) is 5.75 Å². The number of amides is 3. The van der Waals surface area contributed by atoms with E-state index in [0.29, 0.717) is 17.8 Å². The monoisotopic (exact) mass is 463 g/mol. The number of rotatable bonds is 8. The topological polar surface area (TPSA) is 119 Å². The number of benzene rings is 2. The van der Waals surface area contributed by atoms with E-state index in [1.807, 2.05) is 0 Å². The van der Waals surface area contributed by atoms with Crippen LogP contribution in [0.15, 0.2) is 47.4 Å². The first-order chi connectivity index (χ1) is 15.3. The fraction of sp³-hybridized carbons (Fsp3) is 0.150. The molecule has 1 fully saturated rings. The van der Waals surface area contributed by atoms with Crippen molar-refractivity contribution < 1.29 is 32.8 Å². The maximum Gasteiger partial charge on any atom is 0.293 e. The molecule has 3 rings (SSSR count). The van der Waals surface area contributed by atoms with Crippen LogP contribution in [-0.2, 0) is 9.59 Å². The summed E-state index contributed by atoms with van der Waals surface area (Å²) in [5, 5.41) is 12.4. The van der Waals surface area contributed by atoms with Gasteiger partial charge in [-0.1, -0.05) is 18.2 Å². The van der Waals surface area contributed by atoms with E-state index >= 15 is 0 Å². The average Bonchev–Trinajstić information content (AvgIpc) is 3.01. The van der Waals surface area contributed by atoms with Crippen LogP contribution in [-0.4, -0.2) is 46.6 Å². The molecule has 166 valence electrons. The summed E-state index contributed by atoms with van der Waals surface area (Å²) in [6, 6.07) is 8.53. The van der Waals surface area contributed by atoms with Gasteiger partial charge in [0.25, 0.3) is 22.7 Å². The second-order valence-electron chi connectivity index (χ2n) is 6.37. The zero-order valence-electron chi connectivity index (χ0n) is 16.2. The van der Waals surface area contributed by atoms with Crippen molar-refractivity contribution in [1.29, 1.82) is 0 Å². The summed E-state index contributed by atoms with van der Waals surface area (Å²) < 4.78 is 32.5. The predicted molar refractivity (Wildman–Crippen MR) is 111 cm³/mol. The Balaban J connectivity index is 1.49. The maximum absolute atomic E-state index is 13.8. The smallest absolute Gasteiger partial charge is 0.293 e. The van der Waals surface area contributed by atoms with Crippen molar-refractivity contribution >= 4 is 40.6 Å². The fourth-order valence-electron chi connectivity index (χ4n) is 2.65. The third kappa shape index (κ3) is 5.46. The molecule has 0 saturated carbocycles. The van der Waals surface area contributed by atoms with Gasteiger partial charge in [-0.05, 0) is 30.0 Å². The van der Waals surface area contributed by atoms with Crippen molar-refractivity contribution in [3.8, 4) is 5.75 Å². The number of nitrogens with one attached hydrogen (secondary N) is 1. The van der Waals surface area contributed by atoms with Gasteiger partial charge in [0.15, 0.2) is 18.2 Å². The van der Waals surface area contributed by atoms with Crippen LogP contribution in [0.3, 0.4) is 0 Å². The molecule has 0 radical (unpaired) electrons. The maximum atomic E-state index is 13.8. The Morgan fingerprint density at radius 1 is 1.19 bits per heavy atom. The van der Waals surface area contributed by atoms with Crippen molar-refractivity contribution in [2.75, 3.05) is 19.7 Å². The summed E-state index contributed by atoms with van der Waals surface area (Å²) in [5.41, 5.74) is -0.289. The normalized spacial score (nSPS) is 14.7. The molecule has 0 atom stereocenters. The first kappa shape index (κ1) is 22.9. The molecule has 0 bridgehead atoms. The number of nitrogens with zero attached hydrogens (tertiary/aromatic N) is 2. The lowest BCUT2D eigenvalue weighted by atomic mass is 10.2. The predicted octanol–water partition coefficient (Wildman–Crippen LogP) is 3.10. The third-order valence-corrected chi connectivity index (χ3v) is 5.12. The van der Waals surface area contributed by atoms with Gasteiger partial charge in [-0.2, -0.15) is 0 Å². The first-order valence-electron chi connectivity index (χ1n) is 9.09. The summed E-state index contributed by atoms with van der Waals surface area (Å²) >= 11 is 0.661. The van der Waals surface area contributed by atoms with Gasteiger partial charge in [-0.3, -0.25) is 29.4 Å². The summed E-state index contributed by atoms with van der Waals surface area (Å²) in [5.74, 6) is -3.13. The minimum atomic E-state index is -0.994. The number of hydrogen-bond acceptors (Lipinski definition) is 7. The van der Waals surface area contributed by atoms with Crippen LogP contribution in [0.1, 0.15) is 5.56 Å². The number of non-ortho nitro benzene ring substituents is 1. The summed E-state index contributed by atoms with van der Waals surface area (Å²) in [6.07, 6.45) is 1.28. The number of halogens is 2. The molecule has 1 heterocycles. The number of carbonyl (C=O) groups excluding carboxylic acids is 3. The second-order valence-corrected chi connectivity index (χ2v) is 7.36. The van der Waals surface area contributed by atoms with Gasteiger partial charge in [-0.15, -0.1) is 0 Å². The van der Waals surface area contributed by atoms with E-state index < -0.39 is 45.9 Å². The minimum Gasteiger partial charge on any atom is -0.481 e. The molecule has 1 N–H and O–H groups in total. The SMILES string of the molecule is O=C(COc1ccc([N+](=O)[O-])cc1F)NCCN1C(=O)S/C(=C\c2ccccc2F)C1=O. The van der Waals surface area contributed by atoms with Gasteiger partial charge in [0.1, 0.15) is 5.82 Å². The van der Waals surface area contributed by atoms with Gasteiger partial charge in [-0.25, -0.2) is 8.78 Å². The highest BCUT2D eigenvalue weighted by molar-refractivity contribution is 8.18. The molecule has 0 aliphatic carbocycles. The van der Waals surface area contributed by atoms with Crippen LogP contribution >= 0.6 is 11.8 Å². The van der Waals surface area contributed by atoms with Crippen molar-refractivity contribution in [3.05, 3.63) is 74.7 Å². The van der Waals surface area contributed by atoms with E-state index in [9.17, 15) is 33.3 Å². The molecule has 1 aliphatic heterocycles. The Morgan fingerprint density at radius 2 is 1.94 bits per heavy atom. The van der Waals surface area contributed by atoms with Crippen molar-refractivity contribution in [3.63, 3.8) is 0 Å². The standard InChI is InChI=1S/C20H15F2N3O6S/c21-14-4-2-1-3-12(14)9-17-19(27)24(20(28)32-17)8-7-23-18(26)11-31-16-6-5-13(25(29)30)10-15(16)22/h1-6,9-10H,7-8,11H2,(H,23,26)/b17-9-. The number of nitro benzene ring substituents is 1. The first-order valence-corrected chi connectivity index (χ1v) is 9.91. The molecule has 1 saturated heterocycles. The second kappa shape index (κ2) is 10.0. The van der Waals surface area contributed by atoms with E-state index in [4.69, 9.17) is 4.74 Å². The molecule has 2 aromatic carbocycles. The van der Waals surface area contributed by atoms with Gasteiger partial charge in [0.2, 0.25) is 0 Å². The molecule has 0 aromatic heterocycles. The van der Waals surface area contributed by atoms with Crippen LogP contribution in [0.25, 0.3) is 6.08 Å². The molecule has 3 amide bonds. The number of nitro groups is 1. The number of hydrogen-bond donors (Lipinski definition) is 1. The van der Waals surface area contributed by atoms with E-state index in [-0.39, 0.29) is 29.3 Å². The lowest BCUT2D eigenvalue weighted by molar-refractivity contribution is -0.385. The van der Waals surface area contributed by atoms with E-state index in [0.717, 1.165) is 17.0 Å². The van der Waals surface area contributed by atoms with Crippen molar-refractivity contribution in [1.82, 2.24) is 10.2 Å². The van der Waals surface area contributed by atoms with Crippen molar-refractivity contribution in [2.24, 2.45) is 0 Å². The number of carbonyl (C=O) groups is 3. The van der Waals surface area contributed by atoms with Crippen LogP contribution in [0.2, 0.25) is 0 Å². The summed E-state index contributed by atoms with van der Waals surface area (Å²) in [6.45, 7) is -0.795.